The molecule has 2 N–H and O–H groups in total. The van der Waals surface area contributed by atoms with E-state index in [0.29, 0.717) is 16.6 Å². The number of nitrogens with two attached hydrogens (primary N) is 1. The fourth-order valence-electron chi connectivity index (χ4n) is 1.54. The van der Waals surface area contributed by atoms with Crippen molar-refractivity contribution in [2.24, 2.45) is 0 Å². The summed E-state index contributed by atoms with van der Waals surface area (Å²) in [5.74, 6) is -4.16. The van der Waals surface area contributed by atoms with Crippen molar-refractivity contribution in [1.29, 1.82) is 0 Å². The Hall–Kier alpha value is -2.05. The number of alkyl halides is 4. The van der Waals surface area contributed by atoms with Crippen LogP contribution in [0.5, 0.6) is 5.75 Å². The first kappa shape index (κ1) is 13.4. The van der Waals surface area contributed by atoms with E-state index in [0.717, 1.165) is 0 Å². The highest BCUT2D eigenvalue weighted by Crippen LogP contribution is 2.29. The zero-order valence-electron chi connectivity index (χ0n) is 9.62. The van der Waals surface area contributed by atoms with Crippen molar-refractivity contribution in [2.45, 2.75) is 12.3 Å². The minimum Gasteiger partial charge on any atom is -0.486 e. The molecule has 0 aliphatic carbocycles. The molecule has 0 bridgehead atoms. The topological polar surface area (TPSA) is 48.1 Å². The molecule has 0 radical (unpaired) electrons. The lowest BCUT2D eigenvalue weighted by atomic mass is 10.2. The molecule has 2 aromatic rings. The number of anilines is 1. The van der Waals surface area contributed by atoms with Gasteiger partial charge in [-0.05, 0) is 18.2 Å². The van der Waals surface area contributed by atoms with Gasteiger partial charge in [-0.15, -0.1) is 0 Å². The third-order valence-corrected chi connectivity index (χ3v) is 2.50. The van der Waals surface area contributed by atoms with Crippen LogP contribution in [0.15, 0.2) is 30.5 Å². The molecule has 3 nitrogen and oxygen atoms in total. The zero-order valence-corrected chi connectivity index (χ0v) is 9.62. The highest BCUT2D eigenvalue weighted by atomic mass is 19.3. The predicted octanol–water partition coefficient (Wildman–Crippen LogP) is 3.10. The molecule has 102 valence electrons. The summed E-state index contributed by atoms with van der Waals surface area (Å²) in [7, 11) is 0. The molecule has 2 rings (SSSR count). The average Bonchev–Trinajstić information content (AvgIpc) is 2.37. The largest absolute Gasteiger partial charge is 0.486 e. The van der Waals surface area contributed by atoms with Gasteiger partial charge < -0.3 is 10.5 Å². The summed E-state index contributed by atoms with van der Waals surface area (Å²) in [4.78, 5) is 3.98. The molecule has 0 atom stereocenters. The molecule has 0 fully saturated rings. The van der Waals surface area contributed by atoms with Gasteiger partial charge in [0.25, 0.3) is 0 Å². The van der Waals surface area contributed by atoms with E-state index in [9.17, 15) is 17.6 Å². The summed E-state index contributed by atoms with van der Waals surface area (Å²) >= 11 is 0. The predicted molar refractivity (Wildman–Crippen MR) is 62.6 cm³/mol. The molecule has 1 aromatic heterocycles. The fourth-order valence-corrected chi connectivity index (χ4v) is 1.54. The maximum Gasteiger partial charge on any atom is 0.340 e. The molecule has 1 heterocycles. The Balaban J connectivity index is 2.29. The number of para-hydroxylation sites is 1. The first-order chi connectivity index (χ1) is 8.92. The van der Waals surface area contributed by atoms with Crippen LogP contribution in [-0.2, 0) is 0 Å². The monoisotopic (exact) mass is 274 g/mol. The Bertz CT molecular complexity index is 589. The number of hydrogen-bond donors (Lipinski definition) is 1. The van der Waals surface area contributed by atoms with Crippen molar-refractivity contribution < 1.29 is 22.3 Å². The van der Waals surface area contributed by atoms with Gasteiger partial charge in [0.2, 0.25) is 0 Å². The number of benzene rings is 1. The molecular formula is C12H10F4N2O. The van der Waals surface area contributed by atoms with Crippen LogP contribution in [0.2, 0.25) is 0 Å². The Morgan fingerprint density at radius 1 is 1.26 bits per heavy atom. The van der Waals surface area contributed by atoms with Crippen LogP contribution >= 0.6 is 0 Å². The lowest BCUT2D eigenvalue weighted by Gasteiger charge is -2.16. The second-order valence-corrected chi connectivity index (χ2v) is 3.90. The SMILES string of the molecule is Nc1cccc2c(OCC(F)(F)C(F)F)ccnc12. The van der Waals surface area contributed by atoms with E-state index in [2.05, 4.69) is 4.98 Å². The van der Waals surface area contributed by atoms with Gasteiger partial charge in [-0.3, -0.25) is 4.98 Å². The molecule has 0 spiro atoms. The summed E-state index contributed by atoms with van der Waals surface area (Å²) in [5, 5.41) is 0.396. The van der Waals surface area contributed by atoms with E-state index in [1.165, 1.54) is 12.3 Å². The molecule has 7 heteroatoms. The van der Waals surface area contributed by atoms with Crippen LogP contribution in [-0.4, -0.2) is 23.9 Å². The van der Waals surface area contributed by atoms with Crippen molar-refractivity contribution in [2.75, 3.05) is 12.3 Å². The smallest absolute Gasteiger partial charge is 0.340 e. The number of halogens is 4. The fraction of sp³-hybridized carbons (Fsp3) is 0.250. The van der Waals surface area contributed by atoms with Crippen LogP contribution in [0.1, 0.15) is 0 Å². The van der Waals surface area contributed by atoms with E-state index < -0.39 is 19.0 Å². The van der Waals surface area contributed by atoms with Gasteiger partial charge in [0.05, 0.1) is 11.2 Å². The first-order valence-corrected chi connectivity index (χ1v) is 5.34. The highest BCUT2D eigenvalue weighted by molar-refractivity contribution is 5.93. The van der Waals surface area contributed by atoms with Crippen LogP contribution in [0.3, 0.4) is 0 Å². The number of pyridine rings is 1. The number of hydrogen-bond acceptors (Lipinski definition) is 3. The van der Waals surface area contributed by atoms with Gasteiger partial charge in [-0.25, -0.2) is 8.78 Å². The highest BCUT2D eigenvalue weighted by Gasteiger charge is 2.41. The second kappa shape index (κ2) is 4.91. The van der Waals surface area contributed by atoms with Crippen molar-refractivity contribution in [1.82, 2.24) is 4.98 Å². The lowest BCUT2D eigenvalue weighted by molar-refractivity contribution is -0.148. The van der Waals surface area contributed by atoms with Gasteiger partial charge >= 0.3 is 12.3 Å². The number of ether oxygens (including phenoxy) is 1. The molecule has 1 aromatic carbocycles. The molecule has 0 saturated heterocycles. The average molecular weight is 274 g/mol. The molecule has 0 aliphatic rings. The van der Waals surface area contributed by atoms with Crippen LogP contribution in [0, 0.1) is 0 Å². The quantitative estimate of drug-likeness (QED) is 0.688. The Labute approximate surface area is 106 Å². The second-order valence-electron chi connectivity index (χ2n) is 3.90. The minimum atomic E-state index is -4.20. The summed E-state index contributed by atoms with van der Waals surface area (Å²) in [5.41, 5.74) is 6.39. The van der Waals surface area contributed by atoms with Gasteiger partial charge in [0.15, 0.2) is 6.61 Å². The van der Waals surface area contributed by atoms with E-state index in [-0.39, 0.29) is 5.75 Å². The molecule has 0 aliphatic heterocycles. The van der Waals surface area contributed by atoms with Gasteiger partial charge in [0, 0.05) is 11.6 Å². The van der Waals surface area contributed by atoms with Crippen LogP contribution in [0.25, 0.3) is 10.9 Å². The zero-order chi connectivity index (χ0) is 14.0. The van der Waals surface area contributed by atoms with Crippen LogP contribution < -0.4 is 10.5 Å². The van der Waals surface area contributed by atoms with Gasteiger partial charge in [-0.2, -0.15) is 8.78 Å². The molecular weight excluding hydrogens is 264 g/mol. The van der Waals surface area contributed by atoms with Gasteiger partial charge in [-0.1, -0.05) is 6.07 Å². The van der Waals surface area contributed by atoms with E-state index in [4.69, 9.17) is 10.5 Å². The number of nitrogens with zero attached hydrogens (tertiary/aromatic N) is 1. The third-order valence-electron chi connectivity index (χ3n) is 2.50. The summed E-state index contributed by atoms with van der Waals surface area (Å²) in [6.45, 7) is -1.40. The van der Waals surface area contributed by atoms with E-state index in [1.54, 1.807) is 18.2 Å². The van der Waals surface area contributed by atoms with E-state index >= 15 is 0 Å². The summed E-state index contributed by atoms with van der Waals surface area (Å²) in [6, 6.07) is 6.07. The van der Waals surface area contributed by atoms with Crippen molar-refractivity contribution >= 4 is 16.6 Å². The summed E-state index contributed by atoms with van der Waals surface area (Å²) < 4.78 is 54.4. The molecule has 19 heavy (non-hydrogen) atoms. The normalized spacial score (nSPS) is 12.1. The first-order valence-electron chi connectivity index (χ1n) is 5.34. The number of aromatic nitrogens is 1. The molecule has 0 amide bonds. The van der Waals surface area contributed by atoms with Gasteiger partial charge in [0.1, 0.15) is 5.75 Å². The Kier molecular flexibility index (Phi) is 3.46. The Morgan fingerprint density at radius 2 is 2.00 bits per heavy atom. The maximum atomic E-state index is 12.8. The van der Waals surface area contributed by atoms with Crippen molar-refractivity contribution in [3.05, 3.63) is 30.5 Å². The molecule has 0 saturated carbocycles. The maximum absolute atomic E-state index is 12.8. The third kappa shape index (κ3) is 2.69. The Morgan fingerprint density at radius 3 is 2.68 bits per heavy atom. The standard InChI is InChI=1S/C12H10F4N2O/c13-11(14)12(15,16)6-19-9-4-5-18-10-7(9)2-1-3-8(10)17/h1-5,11H,6,17H2. The van der Waals surface area contributed by atoms with Crippen LogP contribution in [0.4, 0.5) is 23.2 Å². The number of fused-ring (bicyclic) bond motifs is 1. The lowest BCUT2D eigenvalue weighted by Crippen LogP contribution is -2.33. The number of nitrogen functional groups attached to an aromatic ring is 1. The number of rotatable bonds is 4. The van der Waals surface area contributed by atoms with Crippen molar-refractivity contribution in [3.63, 3.8) is 0 Å². The summed E-state index contributed by atoms with van der Waals surface area (Å²) in [6.07, 6.45) is -2.46. The minimum absolute atomic E-state index is 0.0395. The van der Waals surface area contributed by atoms with E-state index in [1.807, 2.05) is 0 Å². The molecule has 0 unspecified atom stereocenters. The van der Waals surface area contributed by atoms with Crippen molar-refractivity contribution in [3.8, 4) is 5.75 Å².